The highest BCUT2D eigenvalue weighted by Gasteiger charge is 1.88. The molecule has 96 valence electrons. The first kappa shape index (κ1) is 14.6. The van der Waals surface area contributed by atoms with E-state index in [-0.39, 0.29) is 5.82 Å². The minimum Gasteiger partial charge on any atom is -0.326 e. The largest absolute Gasteiger partial charge is 0.326 e. The Morgan fingerprint density at radius 3 is 1.94 bits per heavy atom. The van der Waals surface area contributed by atoms with Crippen LogP contribution in [0.3, 0.4) is 0 Å². The molecule has 2 nitrogen and oxygen atoms in total. The number of hydrogen-bond donors (Lipinski definition) is 2. The molecule has 0 amide bonds. The van der Waals surface area contributed by atoms with Gasteiger partial charge in [-0.15, -0.1) is 0 Å². The first-order valence-electron chi connectivity index (χ1n) is 5.54. The Hall–Kier alpha value is -1.42. The zero-order valence-electron chi connectivity index (χ0n) is 9.94. The number of nitrogens with two attached hydrogens (primary N) is 2. The summed E-state index contributed by atoms with van der Waals surface area (Å²) >= 11 is 5.67. The van der Waals surface area contributed by atoms with Gasteiger partial charge in [0.15, 0.2) is 0 Å². The molecule has 0 saturated carbocycles. The smallest absolute Gasteiger partial charge is 0.123 e. The second kappa shape index (κ2) is 7.82. The van der Waals surface area contributed by atoms with E-state index in [0.717, 1.165) is 16.1 Å². The minimum atomic E-state index is -0.216. The molecule has 4 heteroatoms. The van der Waals surface area contributed by atoms with Crippen molar-refractivity contribution >= 4 is 11.6 Å². The van der Waals surface area contributed by atoms with Crippen molar-refractivity contribution < 1.29 is 4.39 Å². The molecule has 0 aliphatic carbocycles. The molecule has 0 aromatic heterocycles. The van der Waals surface area contributed by atoms with E-state index in [0.29, 0.717) is 13.1 Å². The summed E-state index contributed by atoms with van der Waals surface area (Å²) in [7, 11) is 0. The van der Waals surface area contributed by atoms with Crippen LogP contribution in [0.1, 0.15) is 11.1 Å². The van der Waals surface area contributed by atoms with Gasteiger partial charge in [0.2, 0.25) is 0 Å². The van der Waals surface area contributed by atoms with Crippen molar-refractivity contribution in [3.05, 3.63) is 70.5 Å². The predicted molar refractivity (Wildman–Crippen MR) is 73.6 cm³/mol. The number of hydrogen-bond acceptors (Lipinski definition) is 2. The van der Waals surface area contributed by atoms with E-state index in [1.165, 1.54) is 12.1 Å². The second-order valence-electron chi connectivity index (χ2n) is 3.66. The summed E-state index contributed by atoms with van der Waals surface area (Å²) in [5, 5.41) is 0.748. The van der Waals surface area contributed by atoms with Crippen molar-refractivity contribution in [1.82, 2.24) is 0 Å². The van der Waals surface area contributed by atoms with Crippen LogP contribution in [0.15, 0.2) is 48.5 Å². The van der Waals surface area contributed by atoms with Crippen LogP contribution in [0.2, 0.25) is 5.02 Å². The Kier molecular flexibility index (Phi) is 6.36. The predicted octanol–water partition coefficient (Wildman–Crippen LogP) is 3.08. The van der Waals surface area contributed by atoms with E-state index in [4.69, 9.17) is 23.1 Å². The fraction of sp³-hybridized carbons (Fsp3) is 0.143. The molecule has 0 aliphatic heterocycles. The summed E-state index contributed by atoms with van der Waals surface area (Å²) in [6.45, 7) is 1.03. The first-order valence-corrected chi connectivity index (χ1v) is 5.92. The van der Waals surface area contributed by atoms with Crippen molar-refractivity contribution in [3.8, 4) is 0 Å². The van der Waals surface area contributed by atoms with Gasteiger partial charge in [-0.1, -0.05) is 35.9 Å². The van der Waals surface area contributed by atoms with E-state index in [1.54, 1.807) is 12.1 Å². The molecule has 0 atom stereocenters. The lowest BCUT2D eigenvalue weighted by Gasteiger charge is -1.93. The van der Waals surface area contributed by atoms with Gasteiger partial charge in [0.05, 0.1) is 0 Å². The Morgan fingerprint density at radius 2 is 1.50 bits per heavy atom. The zero-order chi connectivity index (χ0) is 13.4. The third-order valence-corrected chi connectivity index (χ3v) is 2.51. The van der Waals surface area contributed by atoms with Gasteiger partial charge in [-0.25, -0.2) is 4.39 Å². The van der Waals surface area contributed by atoms with Crippen LogP contribution in [-0.4, -0.2) is 0 Å². The maximum atomic E-state index is 12.2. The summed E-state index contributed by atoms with van der Waals surface area (Å²) in [5.41, 5.74) is 12.7. The van der Waals surface area contributed by atoms with Crippen molar-refractivity contribution in [2.75, 3.05) is 0 Å². The van der Waals surface area contributed by atoms with Gasteiger partial charge in [0.25, 0.3) is 0 Å². The highest BCUT2D eigenvalue weighted by Crippen LogP contribution is 2.09. The normalized spacial score (nSPS) is 9.56. The summed E-state index contributed by atoms with van der Waals surface area (Å²) in [4.78, 5) is 0. The molecule has 18 heavy (non-hydrogen) atoms. The first-order chi connectivity index (χ1) is 8.65. The van der Waals surface area contributed by atoms with Crippen LogP contribution in [-0.2, 0) is 13.1 Å². The third-order valence-electron chi connectivity index (χ3n) is 2.27. The maximum Gasteiger partial charge on any atom is 0.123 e. The van der Waals surface area contributed by atoms with Crippen LogP contribution in [0.4, 0.5) is 4.39 Å². The molecule has 0 fully saturated rings. The Bertz CT molecular complexity index is 471. The molecule has 0 aliphatic rings. The minimum absolute atomic E-state index is 0.216. The van der Waals surface area contributed by atoms with Gasteiger partial charge >= 0.3 is 0 Å². The number of halogens is 2. The van der Waals surface area contributed by atoms with E-state index >= 15 is 0 Å². The van der Waals surface area contributed by atoms with Gasteiger partial charge in [-0.3, -0.25) is 0 Å². The highest BCUT2D eigenvalue weighted by molar-refractivity contribution is 6.30. The molecule has 4 N–H and O–H groups in total. The van der Waals surface area contributed by atoms with Gasteiger partial charge in [0, 0.05) is 18.1 Å². The van der Waals surface area contributed by atoms with Gasteiger partial charge in [-0.2, -0.15) is 0 Å². The molecule has 0 radical (unpaired) electrons. The average Bonchev–Trinajstić information content (AvgIpc) is 2.40. The van der Waals surface area contributed by atoms with Crippen molar-refractivity contribution in [2.45, 2.75) is 13.1 Å². The second-order valence-corrected chi connectivity index (χ2v) is 4.10. The molecular formula is C14H16ClFN2. The quantitative estimate of drug-likeness (QED) is 0.878. The van der Waals surface area contributed by atoms with Crippen LogP contribution >= 0.6 is 11.6 Å². The van der Waals surface area contributed by atoms with E-state index < -0.39 is 0 Å². The fourth-order valence-corrected chi connectivity index (χ4v) is 1.50. The lowest BCUT2D eigenvalue weighted by molar-refractivity contribution is 0.627. The summed E-state index contributed by atoms with van der Waals surface area (Å²) < 4.78 is 12.2. The molecule has 2 rings (SSSR count). The Balaban J connectivity index is 0.000000180. The molecule has 0 heterocycles. The zero-order valence-corrected chi connectivity index (χ0v) is 10.7. The number of rotatable bonds is 2. The summed E-state index contributed by atoms with van der Waals surface area (Å²) in [6.07, 6.45) is 0. The van der Waals surface area contributed by atoms with Crippen LogP contribution < -0.4 is 11.5 Å². The highest BCUT2D eigenvalue weighted by atomic mass is 35.5. The summed E-state index contributed by atoms with van der Waals surface area (Å²) in [6, 6.07) is 13.7. The van der Waals surface area contributed by atoms with Crippen molar-refractivity contribution in [2.24, 2.45) is 11.5 Å². The topological polar surface area (TPSA) is 52.0 Å². The average molecular weight is 267 g/mol. The molecule has 0 unspecified atom stereocenters. The van der Waals surface area contributed by atoms with Crippen LogP contribution in [0.5, 0.6) is 0 Å². The van der Waals surface area contributed by atoms with Gasteiger partial charge in [0.1, 0.15) is 5.82 Å². The van der Waals surface area contributed by atoms with Crippen LogP contribution in [0, 0.1) is 5.82 Å². The van der Waals surface area contributed by atoms with Gasteiger partial charge < -0.3 is 11.5 Å². The SMILES string of the molecule is NCc1ccc(F)cc1.NCc1cccc(Cl)c1. The van der Waals surface area contributed by atoms with E-state index in [9.17, 15) is 4.39 Å². The molecular weight excluding hydrogens is 251 g/mol. The molecule has 0 saturated heterocycles. The van der Waals surface area contributed by atoms with E-state index in [2.05, 4.69) is 0 Å². The van der Waals surface area contributed by atoms with E-state index in [1.807, 2.05) is 24.3 Å². The van der Waals surface area contributed by atoms with Crippen molar-refractivity contribution in [3.63, 3.8) is 0 Å². The standard InChI is InChI=1S/C7H8ClN.C7H8FN/c8-7-3-1-2-6(4-7)5-9;8-7-3-1-6(5-9)2-4-7/h2*1-4H,5,9H2. The molecule has 0 spiro atoms. The third kappa shape index (κ3) is 5.27. The monoisotopic (exact) mass is 266 g/mol. The molecule has 2 aromatic rings. The van der Waals surface area contributed by atoms with Crippen LogP contribution in [0.25, 0.3) is 0 Å². The van der Waals surface area contributed by atoms with Gasteiger partial charge in [-0.05, 0) is 35.4 Å². The lowest BCUT2D eigenvalue weighted by Crippen LogP contribution is -1.94. The summed E-state index contributed by atoms with van der Waals surface area (Å²) in [5.74, 6) is -0.216. The number of benzene rings is 2. The van der Waals surface area contributed by atoms with Crippen molar-refractivity contribution in [1.29, 1.82) is 0 Å². The molecule has 2 aromatic carbocycles. The molecule has 0 bridgehead atoms. The fourth-order valence-electron chi connectivity index (χ4n) is 1.28. The Morgan fingerprint density at radius 1 is 0.889 bits per heavy atom. The lowest BCUT2D eigenvalue weighted by atomic mass is 10.2. The Labute approximate surface area is 111 Å². The maximum absolute atomic E-state index is 12.2.